The Labute approximate surface area is 156 Å². The lowest BCUT2D eigenvalue weighted by Gasteiger charge is -2.47. The minimum Gasteiger partial charge on any atom is -0.444 e. The molecule has 25 heavy (non-hydrogen) atoms. The third-order valence-corrected chi connectivity index (χ3v) is 4.76. The first-order valence-corrected chi connectivity index (χ1v) is 8.75. The summed E-state index contributed by atoms with van der Waals surface area (Å²) in [5, 5.41) is 0.322. The number of carbonyl (C=O) groups excluding carboxylic acids is 2. The number of halogens is 2. The molecule has 2 fully saturated rings. The average molecular weight is 387 g/mol. The maximum absolute atomic E-state index is 12.4. The van der Waals surface area contributed by atoms with Crippen LogP contribution in [0.1, 0.15) is 32.8 Å². The van der Waals surface area contributed by atoms with E-state index in [-0.39, 0.29) is 27.9 Å². The number of nitrogens with zero attached hydrogens (tertiary/aromatic N) is 4. The normalized spacial score (nSPS) is 19.3. The second kappa shape index (κ2) is 6.29. The van der Waals surface area contributed by atoms with Crippen LogP contribution in [0.4, 0.5) is 4.79 Å². The fourth-order valence-corrected chi connectivity index (χ4v) is 3.60. The first kappa shape index (κ1) is 18.2. The Hall–Kier alpha value is -1.60. The highest BCUT2D eigenvalue weighted by molar-refractivity contribution is 6.32. The van der Waals surface area contributed by atoms with Crippen LogP contribution in [0.15, 0.2) is 6.20 Å². The van der Waals surface area contributed by atoms with Crippen molar-refractivity contribution < 1.29 is 14.3 Å². The van der Waals surface area contributed by atoms with Crippen LogP contribution in [0.3, 0.4) is 0 Å². The zero-order chi connectivity index (χ0) is 18.4. The molecule has 0 unspecified atom stereocenters. The highest BCUT2D eigenvalue weighted by atomic mass is 35.5. The molecule has 2 aliphatic rings. The lowest BCUT2D eigenvalue weighted by Crippen LogP contribution is -2.60. The van der Waals surface area contributed by atoms with E-state index in [1.54, 1.807) is 9.80 Å². The van der Waals surface area contributed by atoms with E-state index < -0.39 is 5.60 Å². The molecule has 2 aliphatic heterocycles. The zero-order valence-corrected chi connectivity index (χ0v) is 15.9. The predicted molar refractivity (Wildman–Crippen MR) is 92.3 cm³/mol. The van der Waals surface area contributed by atoms with Crippen molar-refractivity contribution in [2.24, 2.45) is 5.41 Å². The Morgan fingerprint density at radius 1 is 1.32 bits per heavy atom. The summed E-state index contributed by atoms with van der Waals surface area (Å²) in [7, 11) is 0. The van der Waals surface area contributed by atoms with Crippen molar-refractivity contribution in [3.63, 3.8) is 0 Å². The molecule has 3 rings (SSSR count). The van der Waals surface area contributed by atoms with Gasteiger partial charge in [0.1, 0.15) is 10.8 Å². The Morgan fingerprint density at radius 2 is 2.00 bits per heavy atom. The maximum atomic E-state index is 12.4. The molecule has 3 heterocycles. The van der Waals surface area contributed by atoms with Gasteiger partial charge in [-0.3, -0.25) is 4.79 Å². The molecule has 136 valence electrons. The minimum absolute atomic E-state index is 0.0369. The number of carbonyl (C=O) groups is 2. The Bertz CT molecular complexity index is 714. The van der Waals surface area contributed by atoms with Crippen molar-refractivity contribution in [3.05, 3.63) is 22.2 Å². The van der Waals surface area contributed by atoms with E-state index >= 15 is 0 Å². The van der Waals surface area contributed by atoms with Crippen molar-refractivity contribution in [1.82, 2.24) is 19.8 Å². The highest BCUT2D eigenvalue weighted by Gasteiger charge is 2.53. The molecule has 0 atom stereocenters. The first-order chi connectivity index (χ1) is 11.6. The van der Waals surface area contributed by atoms with Gasteiger partial charge in [-0.1, -0.05) is 11.6 Å². The van der Waals surface area contributed by atoms with Crippen molar-refractivity contribution in [3.8, 4) is 0 Å². The molecule has 1 aromatic heterocycles. The summed E-state index contributed by atoms with van der Waals surface area (Å²) in [6, 6.07) is 0. The summed E-state index contributed by atoms with van der Waals surface area (Å²) in [5.41, 5.74) is -0.0732. The van der Waals surface area contributed by atoms with Crippen LogP contribution >= 0.6 is 23.2 Å². The van der Waals surface area contributed by atoms with Gasteiger partial charge >= 0.3 is 6.09 Å². The maximum Gasteiger partial charge on any atom is 0.410 e. The largest absolute Gasteiger partial charge is 0.444 e. The molecular weight excluding hydrogens is 367 g/mol. The second-order valence-corrected chi connectivity index (χ2v) is 8.41. The Morgan fingerprint density at radius 3 is 2.60 bits per heavy atom. The number of aromatic nitrogens is 2. The Kier molecular flexibility index (Phi) is 4.58. The molecule has 9 heteroatoms. The second-order valence-electron chi connectivity index (χ2n) is 7.72. The van der Waals surface area contributed by atoms with Gasteiger partial charge in [-0.05, 0) is 32.4 Å². The summed E-state index contributed by atoms with van der Waals surface area (Å²) in [6.07, 6.45) is 1.61. The first-order valence-electron chi connectivity index (χ1n) is 8.00. The van der Waals surface area contributed by atoms with Gasteiger partial charge < -0.3 is 14.5 Å². The van der Waals surface area contributed by atoms with Gasteiger partial charge in [0, 0.05) is 43.2 Å². The van der Waals surface area contributed by atoms with Crippen LogP contribution in [-0.2, 0) is 16.1 Å². The van der Waals surface area contributed by atoms with Crippen LogP contribution in [0, 0.1) is 5.41 Å². The summed E-state index contributed by atoms with van der Waals surface area (Å²) >= 11 is 11.8. The van der Waals surface area contributed by atoms with Crippen molar-refractivity contribution >= 4 is 35.2 Å². The fraction of sp³-hybridized carbons (Fsp3) is 0.625. The average Bonchev–Trinajstić information content (AvgIpc) is 2.76. The molecule has 7 nitrogen and oxygen atoms in total. The number of likely N-dealkylation sites (tertiary alicyclic amines) is 2. The molecule has 0 radical (unpaired) electrons. The summed E-state index contributed by atoms with van der Waals surface area (Å²) in [4.78, 5) is 35.6. The molecular formula is C16H20Cl2N4O3. The summed E-state index contributed by atoms with van der Waals surface area (Å²) < 4.78 is 5.36. The topological polar surface area (TPSA) is 75.6 Å². The highest BCUT2D eigenvalue weighted by Crippen LogP contribution is 2.41. The van der Waals surface area contributed by atoms with Gasteiger partial charge in [-0.2, -0.15) is 0 Å². The van der Waals surface area contributed by atoms with E-state index in [0.29, 0.717) is 38.2 Å². The molecule has 2 amide bonds. The number of rotatable bonds is 2. The van der Waals surface area contributed by atoms with E-state index in [1.165, 1.54) is 6.20 Å². The predicted octanol–water partition coefficient (Wildman–Crippen LogP) is 2.75. The third-order valence-electron chi connectivity index (χ3n) is 4.25. The zero-order valence-electron chi connectivity index (χ0n) is 14.4. The van der Waals surface area contributed by atoms with Crippen LogP contribution in [0.2, 0.25) is 10.4 Å². The van der Waals surface area contributed by atoms with Gasteiger partial charge in [-0.15, -0.1) is 0 Å². The standard InChI is InChI=1S/C16H20Cl2N4O3/c1-15(2,3)25-14(24)22-8-16(9-22)4-11(23)21(7-16)6-10-5-19-13(18)20-12(10)17/h5H,4,6-9H2,1-3H3. The molecule has 0 bridgehead atoms. The Balaban J connectivity index is 1.59. The van der Waals surface area contributed by atoms with Gasteiger partial charge in [0.15, 0.2) is 0 Å². The molecule has 0 N–H and O–H groups in total. The lowest BCUT2D eigenvalue weighted by molar-refractivity contribution is -0.128. The van der Waals surface area contributed by atoms with Crippen LogP contribution in [0.25, 0.3) is 0 Å². The van der Waals surface area contributed by atoms with Gasteiger partial charge in [0.05, 0.1) is 6.54 Å². The molecule has 1 spiro atoms. The van der Waals surface area contributed by atoms with Crippen molar-refractivity contribution in [2.45, 2.75) is 39.3 Å². The van der Waals surface area contributed by atoms with Gasteiger partial charge in [-0.25, -0.2) is 14.8 Å². The molecule has 0 saturated carbocycles. The number of hydrogen-bond acceptors (Lipinski definition) is 5. The number of hydrogen-bond donors (Lipinski definition) is 0. The van der Waals surface area contributed by atoms with Crippen LogP contribution < -0.4 is 0 Å². The van der Waals surface area contributed by atoms with Crippen LogP contribution in [-0.4, -0.2) is 57.0 Å². The number of amides is 2. The molecule has 0 aliphatic carbocycles. The quantitative estimate of drug-likeness (QED) is 0.576. The van der Waals surface area contributed by atoms with Crippen LogP contribution in [0.5, 0.6) is 0 Å². The van der Waals surface area contributed by atoms with Crippen molar-refractivity contribution in [1.29, 1.82) is 0 Å². The SMILES string of the molecule is CC(C)(C)OC(=O)N1CC2(CC(=O)N(Cc3cnc(Cl)nc3Cl)C2)C1. The summed E-state index contributed by atoms with van der Waals surface area (Å²) in [5.74, 6) is 0.0369. The smallest absolute Gasteiger partial charge is 0.410 e. The molecule has 0 aromatic carbocycles. The van der Waals surface area contributed by atoms with Crippen molar-refractivity contribution in [2.75, 3.05) is 19.6 Å². The monoisotopic (exact) mass is 386 g/mol. The van der Waals surface area contributed by atoms with E-state index in [1.807, 2.05) is 20.8 Å². The number of ether oxygens (including phenoxy) is 1. The van der Waals surface area contributed by atoms with Gasteiger partial charge in [0.25, 0.3) is 0 Å². The molecule has 1 aromatic rings. The van der Waals surface area contributed by atoms with E-state index in [9.17, 15) is 9.59 Å². The van der Waals surface area contributed by atoms with Gasteiger partial charge in [0.2, 0.25) is 11.2 Å². The lowest BCUT2D eigenvalue weighted by atomic mass is 9.79. The minimum atomic E-state index is -0.525. The van der Waals surface area contributed by atoms with E-state index in [0.717, 1.165) is 0 Å². The summed E-state index contributed by atoms with van der Waals surface area (Å²) in [6.45, 7) is 7.45. The fourth-order valence-electron chi connectivity index (χ4n) is 3.23. The molecule has 2 saturated heterocycles. The third kappa shape index (κ3) is 3.98. The van der Waals surface area contributed by atoms with E-state index in [2.05, 4.69) is 9.97 Å². The van der Waals surface area contributed by atoms with E-state index in [4.69, 9.17) is 27.9 Å².